The van der Waals surface area contributed by atoms with E-state index in [-0.39, 0.29) is 23.6 Å². The molecule has 9 heteroatoms. The summed E-state index contributed by atoms with van der Waals surface area (Å²) in [6.45, 7) is 3.63. The molecule has 1 unspecified atom stereocenters. The van der Waals surface area contributed by atoms with Gasteiger partial charge in [-0.1, -0.05) is 29.8 Å². The summed E-state index contributed by atoms with van der Waals surface area (Å²) in [5.41, 5.74) is 6.71. The van der Waals surface area contributed by atoms with Gasteiger partial charge in [0, 0.05) is 19.3 Å². The van der Waals surface area contributed by atoms with Crippen molar-refractivity contribution in [2.45, 2.75) is 61.3 Å². The number of nitrogens with two attached hydrogens (primary N) is 1. The number of pyridine rings is 1. The van der Waals surface area contributed by atoms with Crippen LogP contribution in [0.15, 0.2) is 27.9 Å². The highest BCUT2D eigenvalue weighted by molar-refractivity contribution is 8.00. The standard InChI is InChI=1S/C19H25N5O2S.ClH/c1-13(17(25)24-11-4-5-12-24)27-16-14(7-6-10-21-16)15-22-18(23-26-15)19(20)8-2-3-9-19;/h6-7,10,13H,2-5,8-9,11-12,20H2,1H3;1H. The van der Waals surface area contributed by atoms with Crippen LogP contribution in [0.4, 0.5) is 0 Å². The number of aromatic nitrogens is 3. The summed E-state index contributed by atoms with van der Waals surface area (Å²) in [6, 6.07) is 3.74. The predicted molar refractivity (Wildman–Crippen MR) is 110 cm³/mol. The third-order valence-corrected chi connectivity index (χ3v) is 6.53. The first-order valence-electron chi connectivity index (χ1n) is 9.61. The van der Waals surface area contributed by atoms with E-state index < -0.39 is 5.54 Å². The van der Waals surface area contributed by atoms with Crippen LogP contribution in [0.3, 0.4) is 0 Å². The molecule has 1 aliphatic carbocycles. The van der Waals surface area contributed by atoms with Gasteiger partial charge < -0.3 is 15.2 Å². The van der Waals surface area contributed by atoms with Crippen molar-refractivity contribution < 1.29 is 9.32 Å². The molecule has 2 fully saturated rings. The number of likely N-dealkylation sites (tertiary alicyclic amines) is 1. The Labute approximate surface area is 175 Å². The number of carbonyl (C=O) groups excluding carboxylic acids is 1. The van der Waals surface area contributed by atoms with Crippen LogP contribution in [0.2, 0.25) is 0 Å². The fraction of sp³-hybridized carbons (Fsp3) is 0.579. The highest BCUT2D eigenvalue weighted by Crippen LogP contribution is 2.37. The van der Waals surface area contributed by atoms with E-state index in [1.165, 1.54) is 11.8 Å². The second kappa shape index (κ2) is 8.80. The predicted octanol–water partition coefficient (Wildman–Crippen LogP) is 3.38. The minimum Gasteiger partial charge on any atom is -0.342 e. The smallest absolute Gasteiger partial charge is 0.260 e. The van der Waals surface area contributed by atoms with Crippen molar-refractivity contribution in [2.24, 2.45) is 5.73 Å². The molecule has 2 aromatic heterocycles. The third-order valence-electron chi connectivity index (χ3n) is 5.42. The summed E-state index contributed by atoms with van der Waals surface area (Å²) in [6.07, 6.45) is 7.82. The zero-order valence-electron chi connectivity index (χ0n) is 16.0. The van der Waals surface area contributed by atoms with Crippen molar-refractivity contribution in [1.29, 1.82) is 0 Å². The van der Waals surface area contributed by atoms with Crippen molar-refractivity contribution >= 4 is 30.1 Å². The summed E-state index contributed by atoms with van der Waals surface area (Å²) < 4.78 is 5.52. The number of carbonyl (C=O) groups is 1. The van der Waals surface area contributed by atoms with Gasteiger partial charge in [0.05, 0.1) is 16.4 Å². The molecule has 152 valence electrons. The second-order valence-electron chi connectivity index (χ2n) is 7.43. The molecular weight excluding hydrogens is 398 g/mol. The molecule has 2 N–H and O–H groups in total. The first kappa shape index (κ1) is 21.1. The molecule has 2 aromatic rings. The monoisotopic (exact) mass is 423 g/mol. The molecule has 0 radical (unpaired) electrons. The number of rotatable bonds is 5. The largest absolute Gasteiger partial charge is 0.342 e. The Hall–Kier alpha value is -1.64. The molecule has 1 saturated heterocycles. The van der Waals surface area contributed by atoms with E-state index in [0.29, 0.717) is 11.7 Å². The lowest BCUT2D eigenvalue weighted by atomic mass is 9.99. The normalized spacial score (nSPS) is 19.4. The Morgan fingerprint density at radius 3 is 2.71 bits per heavy atom. The molecule has 2 aliphatic rings. The highest BCUT2D eigenvalue weighted by Gasteiger charge is 2.36. The van der Waals surface area contributed by atoms with E-state index in [2.05, 4.69) is 15.1 Å². The lowest BCUT2D eigenvalue weighted by molar-refractivity contribution is -0.129. The Morgan fingerprint density at radius 1 is 1.29 bits per heavy atom. The van der Waals surface area contributed by atoms with E-state index >= 15 is 0 Å². The van der Waals surface area contributed by atoms with Crippen molar-refractivity contribution in [3.05, 3.63) is 24.2 Å². The van der Waals surface area contributed by atoms with Crippen LogP contribution < -0.4 is 5.73 Å². The Bertz CT molecular complexity index is 818. The molecule has 28 heavy (non-hydrogen) atoms. The van der Waals surface area contributed by atoms with Crippen molar-refractivity contribution in [3.63, 3.8) is 0 Å². The maximum Gasteiger partial charge on any atom is 0.260 e. The first-order valence-corrected chi connectivity index (χ1v) is 10.5. The highest BCUT2D eigenvalue weighted by atomic mass is 35.5. The van der Waals surface area contributed by atoms with Gasteiger partial charge in [-0.05, 0) is 44.7 Å². The number of amides is 1. The number of hydrogen-bond acceptors (Lipinski definition) is 7. The Morgan fingerprint density at radius 2 is 2.00 bits per heavy atom. The van der Waals surface area contributed by atoms with Gasteiger partial charge in [-0.2, -0.15) is 4.98 Å². The van der Waals surface area contributed by atoms with Gasteiger partial charge >= 0.3 is 0 Å². The first-order chi connectivity index (χ1) is 13.1. The summed E-state index contributed by atoms with van der Waals surface area (Å²) in [4.78, 5) is 23.6. The average molecular weight is 424 g/mol. The Balaban J connectivity index is 0.00000225. The third kappa shape index (κ3) is 4.18. The lowest BCUT2D eigenvalue weighted by Crippen LogP contribution is -2.34. The van der Waals surface area contributed by atoms with Crippen LogP contribution in [0.25, 0.3) is 11.5 Å². The van der Waals surface area contributed by atoms with Gasteiger partial charge in [-0.15, -0.1) is 12.4 Å². The number of nitrogens with zero attached hydrogens (tertiary/aromatic N) is 4. The van der Waals surface area contributed by atoms with Crippen LogP contribution in [-0.2, 0) is 10.3 Å². The fourth-order valence-corrected chi connectivity index (χ4v) is 4.81. The van der Waals surface area contributed by atoms with Crippen LogP contribution in [-0.4, -0.2) is 44.3 Å². The zero-order valence-corrected chi connectivity index (χ0v) is 17.6. The van der Waals surface area contributed by atoms with E-state index in [1.54, 1.807) is 6.20 Å². The molecule has 7 nitrogen and oxygen atoms in total. The minimum atomic E-state index is -0.490. The van der Waals surface area contributed by atoms with Crippen LogP contribution in [0.5, 0.6) is 0 Å². The molecule has 1 saturated carbocycles. The van der Waals surface area contributed by atoms with Crippen molar-refractivity contribution in [2.75, 3.05) is 13.1 Å². The van der Waals surface area contributed by atoms with Gasteiger partial charge in [0.15, 0.2) is 5.82 Å². The summed E-state index contributed by atoms with van der Waals surface area (Å²) in [5, 5.41) is 4.66. The number of thioether (sulfide) groups is 1. The van der Waals surface area contributed by atoms with Crippen LogP contribution in [0, 0.1) is 0 Å². The molecule has 0 aromatic carbocycles. The Kier molecular flexibility index (Phi) is 6.62. The molecule has 3 heterocycles. The zero-order chi connectivity index (χ0) is 18.9. The van der Waals surface area contributed by atoms with E-state index in [4.69, 9.17) is 10.3 Å². The van der Waals surface area contributed by atoms with E-state index in [1.807, 2.05) is 24.0 Å². The summed E-state index contributed by atoms with van der Waals surface area (Å²) in [7, 11) is 0. The van der Waals surface area contributed by atoms with Gasteiger partial charge in [0.25, 0.3) is 5.89 Å². The molecular formula is C19H26ClN5O2S. The van der Waals surface area contributed by atoms with E-state index in [0.717, 1.165) is 62.2 Å². The molecule has 1 aliphatic heterocycles. The van der Waals surface area contributed by atoms with Gasteiger partial charge in [0.2, 0.25) is 5.91 Å². The van der Waals surface area contributed by atoms with Crippen LogP contribution in [0.1, 0.15) is 51.3 Å². The summed E-state index contributed by atoms with van der Waals surface area (Å²) in [5.74, 6) is 1.14. The summed E-state index contributed by atoms with van der Waals surface area (Å²) >= 11 is 1.44. The van der Waals surface area contributed by atoms with Gasteiger partial charge in [-0.3, -0.25) is 4.79 Å². The van der Waals surface area contributed by atoms with Gasteiger partial charge in [-0.25, -0.2) is 4.98 Å². The maximum atomic E-state index is 12.6. The number of hydrogen-bond donors (Lipinski definition) is 1. The van der Waals surface area contributed by atoms with Crippen molar-refractivity contribution in [3.8, 4) is 11.5 Å². The van der Waals surface area contributed by atoms with Crippen molar-refractivity contribution in [1.82, 2.24) is 20.0 Å². The van der Waals surface area contributed by atoms with Crippen LogP contribution >= 0.6 is 24.2 Å². The molecule has 1 amide bonds. The fourth-order valence-electron chi connectivity index (χ4n) is 3.82. The average Bonchev–Trinajstić information content (AvgIpc) is 3.43. The SMILES string of the molecule is CC(Sc1ncccc1-c1nc(C2(N)CCCC2)no1)C(=O)N1CCCC1.Cl. The molecule has 1 atom stereocenters. The number of halogens is 1. The lowest BCUT2D eigenvalue weighted by Gasteiger charge is -2.20. The van der Waals surface area contributed by atoms with E-state index in [9.17, 15) is 4.79 Å². The molecule has 0 spiro atoms. The second-order valence-corrected chi connectivity index (χ2v) is 8.76. The quantitative estimate of drug-likeness (QED) is 0.736. The topological polar surface area (TPSA) is 98.1 Å². The van der Waals surface area contributed by atoms with Gasteiger partial charge in [0.1, 0.15) is 5.03 Å². The molecule has 0 bridgehead atoms. The maximum absolute atomic E-state index is 12.6. The minimum absolute atomic E-state index is 0. The molecule has 4 rings (SSSR count).